The Morgan fingerprint density at radius 3 is 2.08 bits per heavy atom. The van der Waals surface area contributed by atoms with E-state index in [4.69, 9.17) is 4.74 Å². The minimum absolute atomic E-state index is 0.111. The van der Waals surface area contributed by atoms with Crippen molar-refractivity contribution in [2.24, 2.45) is 11.3 Å². The monoisotopic (exact) mass is 352 g/mol. The van der Waals surface area contributed by atoms with Gasteiger partial charge in [-0.25, -0.2) is 0 Å². The van der Waals surface area contributed by atoms with E-state index in [2.05, 4.69) is 6.92 Å². The van der Waals surface area contributed by atoms with Gasteiger partial charge in [0.2, 0.25) is 0 Å². The molecule has 25 heavy (non-hydrogen) atoms. The van der Waals surface area contributed by atoms with Crippen LogP contribution in [0.4, 0.5) is 0 Å². The summed E-state index contributed by atoms with van der Waals surface area (Å²) in [5, 5.41) is 0. The lowest BCUT2D eigenvalue weighted by Gasteiger charge is -2.37. The predicted octanol–water partition coefficient (Wildman–Crippen LogP) is 5.89. The first-order valence-electron chi connectivity index (χ1n) is 10.5. The second-order valence-electron chi connectivity index (χ2n) is 8.63. The van der Waals surface area contributed by atoms with Crippen LogP contribution < -0.4 is 0 Å². The molecule has 0 N–H and O–H groups in total. The molecule has 0 amide bonds. The van der Waals surface area contributed by atoms with Crippen molar-refractivity contribution < 1.29 is 14.3 Å². The van der Waals surface area contributed by atoms with Crippen molar-refractivity contribution in [3.8, 4) is 0 Å². The van der Waals surface area contributed by atoms with Crippen molar-refractivity contribution in [2.75, 3.05) is 0 Å². The van der Waals surface area contributed by atoms with Crippen LogP contribution in [0.15, 0.2) is 0 Å². The van der Waals surface area contributed by atoms with Gasteiger partial charge in [0.15, 0.2) is 11.6 Å². The maximum atomic E-state index is 13.2. The number of unbranched alkanes of at least 4 members (excludes halogenated alkanes) is 1. The molecular weight excluding hydrogens is 312 g/mol. The van der Waals surface area contributed by atoms with E-state index in [1.165, 1.54) is 6.42 Å². The molecule has 0 aliphatic heterocycles. The number of carbonyl (C=O) groups is 2. The summed E-state index contributed by atoms with van der Waals surface area (Å²) in [4.78, 5) is 26.2. The molecule has 2 atom stereocenters. The topological polar surface area (TPSA) is 43.4 Å². The van der Waals surface area contributed by atoms with Crippen molar-refractivity contribution in [1.82, 2.24) is 0 Å². The average molecular weight is 353 g/mol. The van der Waals surface area contributed by atoms with Crippen LogP contribution in [0.25, 0.3) is 0 Å². The Labute approximate surface area is 155 Å². The van der Waals surface area contributed by atoms with E-state index >= 15 is 0 Å². The highest BCUT2D eigenvalue weighted by Gasteiger charge is 2.42. The quantitative estimate of drug-likeness (QED) is 0.466. The van der Waals surface area contributed by atoms with Crippen molar-refractivity contribution in [3.63, 3.8) is 0 Å². The van der Waals surface area contributed by atoms with Gasteiger partial charge in [0.05, 0.1) is 0 Å². The van der Waals surface area contributed by atoms with Crippen LogP contribution in [0, 0.1) is 11.3 Å². The predicted molar refractivity (Wildman–Crippen MR) is 104 cm³/mol. The molecule has 1 aliphatic rings. The van der Waals surface area contributed by atoms with Crippen LogP contribution in [0.2, 0.25) is 0 Å². The Morgan fingerprint density at radius 2 is 1.60 bits per heavy atom. The number of hydrogen-bond acceptors (Lipinski definition) is 3. The Kier molecular flexibility index (Phi) is 8.80. The number of ketones is 2. The standard InChI is InChI=1S/C22H40O3/c1-7-10-16-18(20(24)21(4,5)8-2)25-22(6,9-3)19(23)17-14-12-11-13-15-17/h17-18H,7-16H2,1-6H3. The lowest BCUT2D eigenvalue weighted by atomic mass is 9.78. The summed E-state index contributed by atoms with van der Waals surface area (Å²) in [6.07, 6.45) is 9.11. The van der Waals surface area contributed by atoms with E-state index in [9.17, 15) is 9.59 Å². The second kappa shape index (κ2) is 9.85. The molecule has 2 unspecified atom stereocenters. The molecule has 146 valence electrons. The molecule has 1 fully saturated rings. The minimum atomic E-state index is -0.833. The molecule has 1 rings (SSSR count). The lowest BCUT2D eigenvalue weighted by molar-refractivity contribution is -0.166. The largest absolute Gasteiger partial charge is 0.356 e. The third-order valence-corrected chi connectivity index (χ3v) is 6.24. The molecule has 1 saturated carbocycles. The van der Waals surface area contributed by atoms with E-state index < -0.39 is 17.1 Å². The summed E-state index contributed by atoms with van der Waals surface area (Å²) in [7, 11) is 0. The van der Waals surface area contributed by atoms with Gasteiger partial charge in [-0.2, -0.15) is 0 Å². The maximum Gasteiger partial charge on any atom is 0.167 e. The van der Waals surface area contributed by atoms with E-state index in [-0.39, 0.29) is 17.5 Å². The molecule has 3 nitrogen and oxygen atoms in total. The third-order valence-electron chi connectivity index (χ3n) is 6.24. The van der Waals surface area contributed by atoms with Gasteiger partial charge in [0, 0.05) is 11.3 Å². The van der Waals surface area contributed by atoms with Gasteiger partial charge in [-0.05, 0) is 39.0 Å². The Balaban J connectivity index is 2.96. The zero-order valence-corrected chi connectivity index (χ0v) is 17.5. The summed E-state index contributed by atoms with van der Waals surface area (Å²) in [5.41, 5.74) is -1.24. The van der Waals surface area contributed by atoms with Gasteiger partial charge >= 0.3 is 0 Å². The Morgan fingerprint density at radius 1 is 1.00 bits per heavy atom. The highest BCUT2D eigenvalue weighted by molar-refractivity contribution is 5.91. The number of rotatable bonds is 11. The normalized spacial score (nSPS) is 20.1. The molecule has 0 aromatic carbocycles. The molecule has 0 bridgehead atoms. The zero-order valence-electron chi connectivity index (χ0n) is 17.5. The van der Waals surface area contributed by atoms with Gasteiger partial charge in [0.1, 0.15) is 11.7 Å². The van der Waals surface area contributed by atoms with Crippen molar-refractivity contribution in [2.45, 2.75) is 117 Å². The van der Waals surface area contributed by atoms with E-state index in [0.29, 0.717) is 12.8 Å². The smallest absolute Gasteiger partial charge is 0.167 e. The third kappa shape index (κ3) is 5.91. The van der Waals surface area contributed by atoms with Crippen LogP contribution in [0.3, 0.4) is 0 Å². The number of ether oxygens (including phenoxy) is 1. The van der Waals surface area contributed by atoms with Gasteiger partial charge < -0.3 is 4.74 Å². The Hall–Kier alpha value is -0.700. The van der Waals surface area contributed by atoms with Crippen LogP contribution in [-0.2, 0) is 14.3 Å². The number of Topliss-reactive ketones (excluding diaryl/α,β-unsaturated/α-hetero) is 2. The van der Waals surface area contributed by atoms with Crippen LogP contribution in [0.5, 0.6) is 0 Å². The lowest BCUT2D eigenvalue weighted by Crippen LogP contribution is -2.48. The zero-order chi connectivity index (χ0) is 19.1. The molecule has 1 aliphatic carbocycles. The van der Waals surface area contributed by atoms with Crippen molar-refractivity contribution in [3.05, 3.63) is 0 Å². The summed E-state index contributed by atoms with van der Waals surface area (Å²) >= 11 is 0. The van der Waals surface area contributed by atoms with Gasteiger partial charge in [-0.15, -0.1) is 0 Å². The summed E-state index contributed by atoms with van der Waals surface area (Å²) in [6, 6.07) is 0. The van der Waals surface area contributed by atoms with Crippen LogP contribution >= 0.6 is 0 Å². The van der Waals surface area contributed by atoms with Crippen LogP contribution in [-0.4, -0.2) is 23.3 Å². The summed E-state index contributed by atoms with van der Waals surface area (Å²) < 4.78 is 6.36. The first-order valence-corrected chi connectivity index (χ1v) is 10.5. The summed E-state index contributed by atoms with van der Waals surface area (Å²) in [6.45, 7) is 12.1. The highest BCUT2D eigenvalue weighted by Crippen LogP contribution is 2.34. The number of hydrogen-bond donors (Lipinski definition) is 0. The molecule has 0 aromatic rings. The fraction of sp³-hybridized carbons (Fsp3) is 0.909. The van der Waals surface area contributed by atoms with Gasteiger partial charge in [-0.3, -0.25) is 9.59 Å². The van der Waals surface area contributed by atoms with Crippen molar-refractivity contribution in [1.29, 1.82) is 0 Å². The molecular formula is C22H40O3. The highest BCUT2D eigenvalue weighted by atomic mass is 16.5. The fourth-order valence-electron chi connectivity index (χ4n) is 3.67. The second-order valence-corrected chi connectivity index (χ2v) is 8.63. The number of carbonyl (C=O) groups excluding carboxylic acids is 2. The molecule has 0 spiro atoms. The Bertz CT molecular complexity index is 435. The van der Waals surface area contributed by atoms with E-state index in [0.717, 1.165) is 44.9 Å². The first-order chi connectivity index (χ1) is 11.7. The molecule has 3 heteroatoms. The van der Waals surface area contributed by atoms with E-state index in [1.54, 1.807) is 0 Å². The SMILES string of the molecule is CCCCC(OC(C)(CC)C(=O)C1CCCCC1)C(=O)C(C)(C)CC. The van der Waals surface area contributed by atoms with Crippen molar-refractivity contribution >= 4 is 11.6 Å². The molecule has 0 heterocycles. The van der Waals surface area contributed by atoms with E-state index in [1.807, 2.05) is 34.6 Å². The van der Waals surface area contributed by atoms with Crippen LogP contribution in [0.1, 0.15) is 106 Å². The maximum absolute atomic E-state index is 13.2. The fourth-order valence-corrected chi connectivity index (χ4v) is 3.67. The molecule has 0 saturated heterocycles. The first kappa shape index (κ1) is 22.3. The molecule has 0 aromatic heterocycles. The molecule has 0 radical (unpaired) electrons. The van der Waals surface area contributed by atoms with Gasteiger partial charge in [0.25, 0.3) is 0 Å². The minimum Gasteiger partial charge on any atom is -0.356 e. The van der Waals surface area contributed by atoms with Gasteiger partial charge in [-0.1, -0.05) is 66.7 Å². The summed E-state index contributed by atoms with van der Waals surface area (Å²) in [5.74, 6) is 0.484. The average Bonchev–Trinajstić information content (AvgIpc) is 2.64.